The molecule has 31 heavy (non-hydrogen) atoms. The number of hydrogen-bond acceptors (Lipinski definition) is 3. The zero-order valence-electron chi connectivity index (χ0n) is 17.4. The van der Waals surface area contributed by atoms with Crippen LogP contribution in [0.1, 0.15) is 23.1 Å². The number of nitrogens with zero attached hydrogens (tertiary/aromatic N) is 1. The maximum atomic E-state index is 6.18. The predicted molar refractivity (Wildman–Crippen MR) is 130 cm³/mol. The molecule has 1 aromatic heterocycles. The van der Waals surface area contributed by atoms with Crippen LogP contribution in [0.3, 0.4) is 0 Å². The normalized spacial score (nSPS) is 15.6. The smallest absolute Gasteiger partial charge is 0.138 e. The summed E-state index contributed by atoms with van der Waals surface area (Å²) in [5.41, 5.74) is 5.37. The summed E-state index contributed by atoms with van der Waals surface area (Å²) in [6.07, 6.45) is 5.49. The molecule has 3 aromatic carbocycles. The second-order valence-corrected chi connectivity index (χ2v) is 8.79. The van der Waals surface area contributed by atoms with Gasteiger partial charge in [0.25, 0.3) is 0 Å². The van der Waals surface area contributed by atoms with E-state index in [1.807, 2.05) is 30.5 Å². The van der Waals surface area contributed by atoms with Gasteiger partial charge in [0.1, 0.15) is 5.82 Å². The molecule has 2 N–H and O–H groups in total. The molecule has 3 nitrogen and oxygen atoms in total. The van der Waals surface area contributed by atoms with Gasteiger partial charge in [-0.25, -0.2) is 4.98 Å². The van der Waals surface area contributed by atoms with E-state index in [-0.39, 0.29) is 0 Å². The Bertz CT molecular complexity index is 1190. The van der Waals surface area contributed by atoms with E-state index in [0.717, 1.165) is 41.3 Å². The molecule has 1 heterocycles. The van der Waals surface area contributed by atoms with Crippen molar-refractivity contribution < 1.29 is 0 Å². The molecule has 156 valence electrons. The number of hydrogen-bond donors (Lipinski definition) is 2. The summed E-state index contributed by atoms with van der Waals surface area (Å²) in [4.78, 5) is 4.50. The molecular formula is C27H26ClN3. The maximum Gasteiger partial charge on any atom is 0.138 e. The second kappa shape index (κ2) is 9.09. The highest BCUT2D eigenvalue weighted by Gasteiger charge is 2.17. The second-order valence-electron chi connectivity index (χ2n) is 8.36. The van der Waals surface area contributed by atoms with Crippen molar-refractivity contribution in [2.45, 2.75) is 25.8 Å². The number of benzene rings is 3. The fourth-order valence-electron chi connectivity index (χ4n) is 4.45. The van der Waals surface area contributed by atoms with E-state index in [4.69, 9.17) is 11.6 Å². The Balaban J connectivity index is 1.17. The van der Waals surface area contributed by atoms with E-state index in [0.29, 0.717) is 5.02 Å². The molecule has 5 rings (SSSR count). The van der Waals surface area contributed by atoms with Crippen molar-refractivity contribution in [3.05, 3.63) is 101 Å². The Hall–Kier alpha value is -2.88. The standard InChI is InChI=1S/C27H26ClN3/c28-24-10-9-22-13-14-30-27(26(22)16-24)31-25-11-6-19(7-12-25)17-29-18-20-5-8-21-3-1-2-4-23(21)15-20/h1-4,6-7,9-14,16,20,29H,5,8,15,17-18H2,(H,30,31). The van der Waals surface area contributed by atoms with Crippen molar-refractivity contribution in [2.75, 3.05) is 11.9 Å². The van der Waals surface area contributed by atoms with E-state index >= 15 is 0 Å². The molecule has 0 aliphatic heterocycles. The van der Waals surface area contributed by atoms with Crippen molar-refractivity contribution in [1.29, 1.82) is 0 Å². The molecule has 0 spiro atoms. The van der Waals surface area contributed by atoms with Crippen LogP contribution in [0.2, 0.25) is 5.02 Å². The lowest BCUT2D eigenvalue weighted by Crippen LogP contribution is -2.27. The van der Waals surface area contributed by atoms with Gasteiger partial charge in [-0.1, -0.05) is 54.1 Å². The molecule has 0 saturated carbocycles. The number of aromatic nitrogens is 1. The van der Waals surface area contributed by atoms with Gasteiger partial charge in [0.15, 0.2) is 0 Å². The van der Waals surface area contributed by atoms with Gasteiger partial charge in [-0.3, -0.25) is 0 Å². The summed E-state index contributed by atoms with van der Waals surface area (Å²) in [5.74, 6) is 1.54. The SMILES string of the molecule is Clc1ccc2ccnc(Nc3ccc(CNCC4CCc5ccccc5C4)cc3)c2c1. The third-order valence-electron chi connectivity index (χ3n) is 6.16. The minimum atomic E-state index is 0.714. The molecule has 4 aromatic rings. The van der Waals surface area contributed by atoms with Gasteiger partial charge in [0.2, 0.25) is 0 Å². The minimum Gasteiger partial charge on any atom is -0.340 e. The first-order valence-corrected chi connectivity index (χ1v) is 11.3. The van der Waals surface area contributed by atoms with Crippen molar-refractivity contribution in [3.8, 4) is 0 Å². The van der Waals surface area contributed by atoms with Gasteiger partial charge >= 0.3 is 0 Å². The van der Waals surface area contributed by atoms with Crippen molar-refractivity contribution >= 4 is 33.9 Å². The van der Waals surface area contributed by atoms with Gasteiger partial charge in [-0.15, -0.1) is 0 Å². The average Bonchev–Trinajstić information content (AvgIpc) is 2.80. The lowest BCUT2D eigenvalue weighted by atomic mass is 9.84. The number of halogens is 1. The van der Waals surface area contributed by atoms with Crippen molar-refractivity contribution in [1.82, 2.24) is 10.3 Å². The van der Waals surface area contributed by atoms with Crippen molar-refractivity contribution in [3.63, 3.8) is 0 Å². The Labute approximate surface area is 188 Å². The first kappa shape index (κ1) is 20.0. The summed E-state index contributed by atoms with van der Waals surface area (Å²) in [6.45, 7) is 1.95. The molecular weight excluding hydrogens is 402 g/mol. The summed E-state index contributed by atoms with van der Waals surface area (Å²) >= 11 is 6.18. The average molecular weight is 428 g/mol. The monoisotopic (exact) mass is 427 g/mol. The Morgan fingerprint density at radius 2 is 1.77 bits per heavy atom. The van der Waals surface area contributed by atoms with Crippen LogP contribution in [-0.2, 0) is 19.4 Å². The van der Waals surface area contributed by atoms with Crippen LogP contribution in [0.4, 0.5) is 11.5 Å². The highest BCUT2D eigenvalue weighted by atomic mass is 35.5. The molecule has 1 unspecified atom stereocenters. The van der Waals surface area contributed by atoms with Crippen LogP contribution in [0.5, 0.6) is 0 Å². The van der Waals surface area contributed by atoms with Crippen LogP contribution in [-0.4, -0.2) is 11.5 Å². The molecule has 0 bridgehead atoms. The predicted octanol–water partition coefficient (Wildman–Crippen LogP) is 6.53. The van der Waals surface area contributed by atoms with E-state index in [1.54, 1.807) is 0 Å². The van der Waals surface area contributed by atoms with Gasteiger partial charge in [0, 0.05) is 28.8 Å². The van der Waals surface area contributed by atoms with Crippen LogP contribution >= 0.6 is 11.6 Å². The number of pyridine rings is 1. The van der Waals surface area contributed by atoms with E-state index in [1.165, 1.54) is 36.0 Å². The number of fused-ring (bicyclic) bond motifs is 2. The van der Waals surface area contributed by atoms with Crippen LogP contribution in [0.15, 0.2) is 79.0 Å². The van der Waals surface area contributed by atoms with E-state index in [9.17, 15) is 0 Å². The Morgan fingerprint density at radius 3 is 2.65 bits per heavy atom. The summed E-state index contributed by atoms with van der Waals surface area (Å²) in [5, 5.41) is 9.94. The Morgan fingerprint density at radius 1 is 0.935 bits per heavy atom. The molecule has 0 fully saturated rings. The molecule has 0 amide bonds. The van der Waals surface area contributed by atoms with Gasteiger partial charge in [-0.2, -0.15) is 0 Å². The van der Waals surface area contributed by atoms with Crippen LogP contribution in [0.25, 0.3) is 10.8 Å². The third kappa shape index (κ3) is 4.73. The number of anilines is 2. The lowest BCUT2D eigenvalue weighted by molar-refractivity contribution is 0.424. The topological polar surface area (TPSA) is 37.0 Å². The van der Waals surface area contributed by atoms with Gasteiger partial charge in [0.05, 0.1) is 0 Å². The molecule has 4 heteroatoms. The summed E-state index contributed by atoms with van der Waals surface area (Å²) < 4.78 is 0. The van der Waals surface area contributed by atoms with Crippen LogP contribution < -0.4 is 10.6 Å². The third-order valence-corrected chi connectivity index (χ3v) is 6.39. The maximum absolute atomic E-state index is 6.18. The molecule has 1 aliphatic rings. The number of rotatable bonds is 6. The largest absolute Gasteiger partial charge is 0.340 e. The molecule has 0 radical (unpaired) electrons. The Kier molecular flexibility index (Phi) is 5.88. The molecule has 1 atom stereocenters. The zero-order chi connectivity index (χ0) is 21.0. The van der Waals surface area contributed by atoms with Crippen molar-refractivity contribution in [2.24, 2.45) is 5.92 Å². The first-order valence-electron chi connectivity index (χ1n) is 10.9. The summed E-state index contributed by atoms with van der Waals surface area (Å²) in [7, 11) is 0. The van der Waals surface area contributed by atoms with Crippen LogP contribution in [0, 0.1) is 5.92 Å². The zero-order valence-corrected chi connectivity index (χ0v) is 18.2. The molecule has 1 aliphatic carbocycles. The molecule has 0 saturated heterocycles. The van der Waals surface area contributed by atoms with Gasteiger partial charge < -0.3 is 10.6 Å². The fourth-order valence-corrected chi connectivity index (χ4v) is 4.62. The highest BCUT2D eigenvalue weighted by molar-refractivity contribution is 6.31. The number of nitrogens with one attached hydrogen (secondary N) is 2. The fraction of sp³-hybridized carbons (Fsp3) is 0.222. The lowest BCUT2D eigenvalue weighted by Gasteiger charge is -2.24. The highest BCUT2D eigenvalue weighted by Crippen LogP contribution is 2.27. The van der Waals surface area contributed by atoms with E-state index in [2.05, 4.69) is 64.1 Å². The van der Waals surface area contributed by atoms with E-state index < -0.39 is 0 Å². The first-order chi connectivity index (χ1) is 15.2. The number of aryl methyl sites for hydroxylation is 1. The quantitative estimate of drug-likeness (QED) is 0.367. The summed E-state index contributed by atoms with van der Waals surface area (Å²) in [6, 6.07) is 25.3. The minimum absolute atomic E-state index is 0.714. The van der Waals surface area contributed by atoms with Gasteiger partial charge in [-0.05, 0) is 84.1 Å².